The molecule has 0 aromatic carbocycles. The summed E-state index contributed by atoms with van der Waals surface area (Å²) >= 11 is 0. The van der Waals surface area contributed by atoms with Crippen molar-refractivity contribution in [3.05, 3.63) is 24.4 Å². The van der Waals surface area contributed by atoms with Crippen molar-refractivity contribution in [2.45, 2.75) is 23.6 Å². The fraction of sp³-hybridized carbons (Fsp3) is 0.400. The smallest absolute Gasteiger partial charge is 0.450 e. The van der Waals surface area contributed by atoms with E-state index in [1.807, 2.05) is 25.1 Å². The molecule has 0 fully saturated rings. The molecule has 1 aromatic rings. The van der Waals surface area contributed by atoms with Gasteiger partial charge in [-0.3, -0.25) is 0 Å². The quantitative estimate of drug-likeness (QED) is 0.625. The highest BCUT2D eigenvalue weighted by Crippen LogP contribution is 2.34. The first-order valence-electron chi connectivity index (χ1n) is 4.82. The first-order chi connectivity index (χ1) is 7.72. The van der Waals surface area contributed by atoms with E-state index in [-0.39, 0.29) is 11.9 Å². The molecule has 1 atom stereocenters. The van der Waals surface area contributed by atoms with Crippen molar-refractivity contribution in [3.63, 3.8) is 0 Å². The van der Waals surface area contributed by atoms with Crippen molar-refractivity contribution in [1.29, 1.82) is 0 Å². The normalized spacial score (nSPS) is 12.1. The van der Waals surface area contributed by atoms with Crippen molar-refractivity contribution >= 4 is 27.7 Å². The lowest BCUT2D eigenvalue weighted by Crippen LogP contribution is -2.13. The van der Waals surface area contributed by atoms with Crippen LogP contribution in [0.25, 0.3) is 0 Å². The van der Waals surface area contributed by atoms with Gasteiger partial charge in [0.15, 0.2) is 0 Å². The van der Waals surface area contributed by atoms with Gasteiger partial charge in [-0.25, -0.2) is 9.78 Å². The highest BCUT2D eigenvalue weighted by molar-refractivity contribution is 8.76. The average molecular weight is 259 g/mol. The van der Waals surface area contributed by atoms with Crippen LogP contribution in [0.2, 0.25) is 0 Å². The molecule has 88 valence electrons. The Kier molecular flexibility index (Phi) is 6.10. The molecule has 1 heterocycles. The number of rotatable bonds is 6. The van der Waals surface area contributed by atoms with Crippen molar-refractivity contribution in [2.24, 2.45) is 0 Å². The second kappa shape index (κ2) is 7.40. The number of ether oxygens (including phenoxy) is 1. The van der Waals surface area contributed by atoms with Crippen LogP contribution in [0, 0.1) is 0 Å². The number of hydrogen-bond acceptors (Lipinski definition) is 5. The molecule has 1 N–H and O–H groups in total. The van der Waals surface area contributed by atoms with Crippen LogP contribution in [0.3, 0.4) is 0 Å². The van der Waals surface area contributed by atoms with Gasteiger partial charge in [0.25, 0.3) is 0 Å². The second-order valence-corrected chi connectivity index (χ2v) is 5.48. The van der Waals surface area contributed by atoms with Crippen LogP contribution >= 0.6 is 21.6 Å². The first kappa shape index (κ1) is 13.2. The zero-order valence-electron chi connectivity index (χ0n) is 8.83. The van der Waals surface area contributed by atoms with Crippen LogP contribution in [0.5, 0.6) is 0 Å². The second-order valence-electron chi connectivity index (χ2n) is 2.95. The molecule has 0 aliphatic carbocycles. The molecule has 0 spiro atoms. The minimum absolute atomic E-state index is 0.156. The molecule has 0 amide bonds. The van der Waals surface area contributed by atoms with E-state index in [0.717, 1.165) is 11.4 Å². The van der Waals surface area contributed by atoms with Crippen molar-refractivity contribution in [2.75, 3.05) is 6.61 Å². The molecule has 0 aliphatic rings. The molecule has 16 heavy (non-hydrogen) atoms. The van der Waals surface area contributed by atoms with Gasteiger partial charge >= 0.3 is 6.16 Å². The zero-order chi connectivity index (χ0) is 11.8. The molecule has 0 saturated carbocycles. The van der Waals surface area contributed by atoms with Crippen LogP contribution < -0.4 is 0 Å². The van der Waals surface area contributed by atoms with Crippen LogP contribution in [-0.4, -0.2) is 28.1 Å². The number of pyridine rings is 1. The summed E-state index contributed by atoms with van der Waals surface area (Å²) in [5, 5.41) is 9.47. The molecular formula is C10H13NO3S2. The minimum Gasteiger partial charge on any atom is -0.450 e. The van der Waals surface area contributed by atoms with E-state index in [4.69, 9.17) is 5.11 Å². The van der Waals surface area contributed by atoms with Gasteiger partial charge in [0.2, 0.25) is 0 Å². The summed E-state index contributed by atoms with van der Waals surface area (Å²) in [5.74, 6) is 0. The van der Waals surface area contributed by atoms with Crippen molar-refractivity contribution in [3.8, 4) is 0 Å². The lowest BCUT2D eigenvalue weighted by atomic mass is 10.3. The predicted molar refractivity (Wildman–Crippen MR) is 65.7 cm³/mol. The summed E-state index contributed by atoms with van der Waals surface area (Å²) in [6, 6.07) is 5.70. The Morgan fingerprint density at radius 2 is 2.44 bits per heavy atom. The molecule has 1 unspecified atom stereocenters. The first-order valence-corrected chi connectivity index (χ1v) is 7.03. The Balaban J connectivity index is 2.31. The maximum atomic E-state index is 10.2. The van der Waals surface area contributed by atoms with E-state index in [1.165, 1.54) is 10.8 Å². The largest absolute Gasteiger partial charge is 0.505 e. The Labute approximate surface area is 102 Å². The minimum atomic E-state index is -1.22. The number of carboxylic acid groups (broad SMARTS) is 1. The van der Waals surface area contributed by atoms with Crippen molar-refractivity contribution in [1.82, 2.24) is 4.98 Å². The third kappa shape index (κ3) is 5.27. The summed E-state index contributed by atoms with van der Waals surface area (Å²) in [5.41, 5.74) is 0. The highest BCUT2D eigenvalue weighted by atomic mass is 33.1. The molecule has 0 aliphatic heterocycles. The molecule has 4 nitrogen and oxygen atoms in total. The van der Waals surface area contributed by atoms with Gasteiger partial charge in [-0.15, -0.1) is 0 Å². The Morgan fingerprint density at radius 3 is 3.00 bits per heavy atom. The number of carbonyl (C=O) groups is 1. The zero-order valence-corrected chi connectivity index (χ0v) is 10.5. The third-order valence-corrected chi connectivity index (χ3v) is 4.62. The molecule has 0 bridgehead atoms. The van der Waals surface area contributed by atoms with Gasteiger partial charge in [-0.05, 0) is 29.3 Å². The average Bonchev–Trinajstić information content (AvgIpc) is 2.30. The third-order valence-electron chi connectivity index (χ3n) is 1.76. The molecule has 0 radical (unpaired) electrons. The predicted octanol–water partition coefficient (Wildman–Crippen LogP) is 3.30. The fourth-order valence-corrected chi connectivity index (χ4v) is 3.20. The maximum absolute atomic E-state index is 10.2. The molecule has 0 saturated heterocycles. The van der Waals surface area contributed by atoms with Gasteiger partial charge in [-0.1, -0.05) is 23.8 Å². The van der Waals surface area contributed by atoms with Crippen LogP contribution in [0.15, 0.2) is 29.4 Å². The van der Waals surface area contributed by atoms with Gasteiger partial charge in [0, 0.05) is 11.4 Å². The standard InChI is InChI=1S/C10H13NO3S2/c1-2-8(7-14-10(12)13)15-16-9-5-3-4-6-11-9/h3-6,8H,2,7H2,1H3,(H,12,13). The number of hydrogen-bond donors (Lipinski definition) is 1. The van der Waals surface area contributed by atoms with Gasteiger partial charge in [-0.2, -0.15) is 0 Å². The summed E-state index contributed by atoms with van der Waals surface area (Å²) < 4.78 is 4.55. The Morgan fingerprint density at radius 1 is 1.62 bits per heavy atom. The SMILES string of the molecule is CCC(COC(=O)O)SSc1ccccn1. The summed E-state index contributed by atoms with van der Waals surface area (Å²) in [6.45, 7) is 2.22. The molecule has 6 heteroatoms. The fourth-order valence-electron chi connectivity index (χ4n) is 0.892. The maximum Gasteiger partial charge on any atom is 0.505 e. The van der Waals surface area contributed by atoms with E-state index in [0.29, 0.717) is 0 Å². The number of aromatic nitrogens is 1. The van der Waals surface area contributed by atoms with E-state index in [1.54, 1.807) is 17.0 Å². The Hall–Kier alpha value is -0.880. The van der Waals surface area contributed by atoms with E-state index in [2.05, 4.69) is 9.72 Å². The topological polar surface area (TPSA) is 59.4 Å². The summed E-state index contributed by atoms with van der Waals surface area (Å²) in [7, 11) is 3.12. The van der Waals surface area contributed by atoms with Crippen molar-refractivity contribution < 1.29 is 14.6 Å². The van der Waals surface area contributed by atoms with E-state index < -0.39 is 6.16 Å². The van der Waals surface area contributed by atoms with Gasteiger partial charge in [0.05, 0.1) is 0 Å². The van der Waals surface area contributed by atoms with Gasteiger partial charge < -0.3 is 9.84 Å². The van der Waals surface area contributed by atoms with E-state index >= 15 is 0 Å². The highest BCUT2D eigenvalue weighted by Gasteiger charge is 2.11. The molecule has 1 rings (SSSR count). The lowest BCUT2D eigenvalue weighted by molar-refractivity contribution is 0.0918. The number of nitrogens with zero attached hydrogens (tertiary/aromatic N) is 1. The van der Waals surface area contributed by atoms with Crippen LogP contribution in [0.1, 0.15) is 13.3 Å². The summed E-state index contributed by atoms with van der Waals surface area (Å²) in [6.07, 6.45) is 1.37. The monoisotopic (exact) mass is 259 g/mol. The van der Waals surface area contributed by atoms with Crippen LogP contribution in [0.4, 0.5) is 4.79 Å². The summed E-state index contributed by atoms with van der Waals surface area (Å²) in [4.78, 5) is 14.4. The molecular weight excluding hydrogens is 246 g/mol. The van der Waals surface area contributed by atoms with Gasteiger partial charge in [0.1, 0.15) is 11.6 Å². The Bertz CT molecular complexity index is 321. The van der Waals surface area contributed by atoms with E-state index in [9.17, 15) is 4.79 Å². The lowest BCUT2D eigenvalue weighted by Gasteiger charge is -2.11. The van der Waals surface area contributed by atoms with Crippen LogP contribution in [-0.2, 0) is 4.74 Å². The molecule has 1 aromatic heterocycles.